The van der Waals surface area contributed by atoms with E-state index < -0.39 is 0 Å². The molecule has 1 atom stereocenters. The zero-order chi connectivity index (χ0) is 10.2. The van der Waals surface area contributed by atoms with Crippen molar-refractivity contribution in [1.82, 2.24) is 10.6 Å². The minimum atomic E-state index is -0.0247. The van der Waals surface area contributed by atoms with Gasteiger partial charge in [-0.2, -0.15) is 0 Å². The SMILES string of the molecule is COCC(=O)NCC[C@@H]1CCCCN1. The summed E-state index contributed by atoms with van der Waals surface area (Å²) < 4.78 is 4.72. The summed E-state index contributed by atoms with van der Waals surface area (Å²) in [5, 5.41) is 6.27. The smallest absolute Gasteiger partial charge is 0.245 e. The number of hydrogen-bond donors (Lipinski definition) is 2. The highest BCUT2D eigenvalue weighted by molar-refractivity contribution is 5.77. The summed E-state index contributed by atoms with van der Waals surface area (Å²) in [7, 11) is 1.53. The molecule has 0 aromatic rings. The highest BCUT2D eigenvalue weighted by Gasteiger charge is 2.11. The summed E-state index contributed by atoms with van der Waals surface area (Å²) in [5.41, 5.74) is 0. The van der Waals surface area contributed by atoms with E-state index in [0.29, 0.717) is 6.04 Å². The minimum absolute atomic E-state index is 0.0247. The molecule has 1 aliphatic rings. The van der Waals surface area contributed by atoms with E-state index in [1.165, 1.54) is 26.4 Å². The van der Waals surface area contributed by atoms with Crippen LogP contribution >= 0.6 is 0 Å². The molecule has 1 saturated heterocycles. The summed E-state index contributed by atoms with van der Waals surface area (Å²) in [5.74, 6) is -0.0247. The van der Waals surface area contributed by atoms with E-state index in [1.54, 1.807) is 0 Å². The molecule has 0 saturated carbocycles. The van der Waals surface area contributed by atoms with E-state index in [1.807, 2.05) is 0 Å². The Morgan fingerprint density at radius 2 is 2.43 bits per heavy atom. The van der Waals surface area contributed by atoms with Crippen LogP contribution in [0.25, 0.3) is 0 Å². The van der Waals surface area contributed by atoms with Crippen LogP contribution < -0.4 is 10.6 Å². The molecule has 0 aromatic carbocycles. The van der Waals surface area contributed by atoms with Crippen LogP contribution in [0.5, 0.6) is 0 Å². The van der Waals surface area contributed by atoms with Crippen molar-refractivity contribution < 1.29 is 9.53 Å². The average molecular weight is 200 g/mol. The van der Waals surface area contributed by atoms with E-state index in [0.717, 1.165) is 19.5 Å². The molecule has 1 fully saturated rings. The maximum Gasteiger partial charge on any atom is 0.245 e. The van der Waals surface area contributed by atoms with E-state index in [9.17, 15) is 4.79 Å². The molecule has 14 heavy (non-hydrogen) atoms. The normalized spacial score (nSPS) is 21.9. The second-order valence-corrected chi connectivity index (χ2v) is 3.72. The lowest BCUT2D eigenvalue weighted by Gasteiger charge is -2.23. The van der Waals surface area contributed by atoms with Gasteiger partial charge in [-0.15, -0.1) is 0 Å². The fraction of sp³-hybridized carbons (Fsp3) is 0.900. The van der Waals surface area contributed by atoms with Gasteiger partial charge in [0.1, 0.15) is 6.61 Å². The number of nitrogens with one attached hydrogen (secondary N) is 2. The second-order valence-electron chi connectivity index (χ2n) is 3.72. The molecule has 0 aromatic heterocycles. The number of piperidine rings is 1. The summed E-state index contributed by atoms with van der Waals surface area (Å²) in [6.07, 6.45) is 4.85. The van der Waals surface area contributed by atoms with Crippen molar-refractivity contribution >= 4 is 5.91 Å². The first kappa shape index (κ1) is 11.5. The number of hydrogen-bond acceptors (Lipinski definition) is 3. The Morgan fingerprint density at radius 1 is 1.57 bits per heavy atom. The first-order valence-electron chi connectivity index (χ1n) is 5.32. The Morgan fingerprint density at radius 3 is 3.07 bits per heavy atom. The molecule has 0 spiro atoms. The Bertz CT molecular complexity index is 168. The average Bonchev–Trinajstić information content (AvgIpc) is 2.20. The van der Waals surface area contributed by atoms with Crippen LogP contribution in [0.4, 0.5) is 0 Å². The lowest BCUT2D eigenvalue weighted by molar-refractivity contribution is -0.124. The van der Waals surface area contributed by atoms with Crippen molar-refractivity contribution in [2.75, 3.05) is 26.8 Å². The molecule has 1 amide bonds. The maximum atomic E-state index is 11.0. The summed E-state index contributed by atoms with van der Waals surface area (Å²) in [4.78, 5) is 11.0. The second kappa shape index (κ2) is 6.79. The first-order chi connectivity index (χ1) is 6.83. The highest BCUT2D eigenvalue weighted by atomic mass is 16.5. The van der Waals surface area contributed by atoms with Crippen LogP contribution in [0.1, 0.15) is 25.7 Å². The van der Waals surface area contributed by atoms with E-state index in [-0.39, 0.29) is 12.5 Å². The molecule has 0 radical (unpaired) electrons. The Kier molecular flexibility index (Phi) is 5.56. The molecule has 1 aliphatic heterocycles. The van der Waals surface area contributed by atoms with Crippen molar-refractivity contribution in [1.29, 1.82) is 0 Å². The fourth-order valence-electron chi connectivity index (χ4n) is 1.74. The predicted molar refractivity (Wildman–Crippen MR) is 55.1 cm³/mol. The molecule has 4 nitrogen and oxygen atoms in total. The van der Waals surface area contributed by atoms with Gasteiger partial charge in [-0.1, -0.05) is 6.42 Å². The molecule has 1 rings (SSSR count). The third-order valence-electron chi connectivity index (χ3n) is 2.50. The van der Waals surface area contributed by atoms with Gasteiger partial charge in [-0.3, -0.25) is 4.79 Å². The third-order valence-corrected chi connectivity index (χ3v) is 2.50. The Hall–Kier alpha value is -0.610. The van der Waals surface area contributed by atoms with Crippen molar-refractivity contribution in [3.05, 3.63) is 0 Å². The predicted octanol–water partition coefficient (Wildman–Crippen LogP) is 0.281. The van der Waals surface area contributed by atoms with Gasteiger partial charge in [0.05, 0.1) is 0 Å². The zero-order valence-corrected chi connectivity index (χ0v) is 8.84. The molecule has 0 aliphatic carbocycles. The molecule has 2 N–H and O–H groups in total. The number of carbonyl (C=O) groups excluding carboxylic acids is 1. The maximum absolute atomic E-state index is 11.0. The van der Waals surface area contributed by atoms with E-state index in [2.05, 4.69) is 10.6 Å². The highest BCUT2D eigenvalue weighted by Crippen LogP contribution is 2.08. The number of ether oxygens (including phenoxy) is 1. The van der Waals surface area contributed by atoms with Crippen molar-refractivity contribution in [3.63, 3.8) is 0 Å². The van der Waals surface area contributed by atoms with Gasteiger partial charge in [0.2, 0.25) is 5.91 Å². The van der Waals surface area contributed by atoms with Gasteiger partial charge >= 0.3 is 0 Å². The largest absolute Gasteiger partial charge is 0.375 e. The molecule has 0 bridgehead atoms. The molecular weight excluding hydrogens is 180 g/mol. The van der Waals surface area contributed by atoms with Crippen molar-refractivity contribution in [2.24, 2.45) is 0 Å². The zero-order valence-electron chi connectivity index (χ0n) is 8.84. The van der Waals surface area contributed by atoms with Crippen molar-refractivity contribution in [3.8, 4) is 0 Å². The lowest BCUT2D eigenvalue weighted by Crippen LogP contribution is -2.38. The quantitative estimate of drug-likeness (QED) is 0.670. The third kappa shape index (κ3) is 4.58. The van der Waals surface area contributed by atoms with Crippen molar-refractivity contribution in [2.45, 2.75) is 31.7 Å². The topological polar surface area (TPSA) is 50.4 Å². The minimum Gasteiger partial charge on any atom is -0.375 e. The van der Waals surface area contributed by atoms with Crippen LogP contribution in [0, 0.1) is 0 Å². The number of amides is 1. The van der Waals surface area contributed by atoms with Crippen LogP contribution in [0.3, 0.4) is 0 Å². The standard InChI is InChI=1S/C10H20N2O2/c1-14-8-10(13)12-7-5-9-4-2-3-6-11-9/h9,11H,2-8H2,1H3,(H,12,13)/t9-/m0/s1. The first-order valence-corrected chi connectivity index (χ1v) is 5.32. The van der Waals surface area contributed by atoms with Crippen LogP contribution in [0.15, 0.2) is 0 Å². The van der Waals surface area contributed by atoms with Crippen LogP contribution in [0.2, 0.25) is 0 Å². The number of rotatable bonds is 5. The lowest BCUT2D eigenvalue weighted by atomic mass is 10.0. The molecule has 0 unspecified atom stereocenters. The Labute approximate surface area is 85.4 Å². The molecular formula is C10H20N2O2. The van der Waals surface area contributed by atoms with Gasteiger partial charge < -0.3 is 15.4 Å². The van der Waals surface area contributed by atoms with Gasteiger partial charge in [-0.05, 0) is 25.8 Å². The van der Waals surface area contributed by atoms with E-state index in [4.69, 9.17) is 4.74 Å². The van der Waals surface area contributed by atoms with Crippen LogP contribution in [-0.4, -0.2) is 38.8 Å². The van der Waals surface area contributed by atoms with Gasteiger partial charge in [0, 0.05) is 19.7 Å². The molecule has 1 heterocycles. The van der Waals surface area contributed by atoms with Gasteiger partial charge in [-0.25, -0.2) is 0 Å². The number of methoxy groups -OCH3 is 1. The summed E-state index contributed by atoms with van der Waals surface area (Å²) in [6, 6.07) is 0.589. The monoisotopic (exact) mass is 200 g/mol. The molecule has 4 heteroatoms. The van der Waals surface area contributed by atoms with Crippen LogP contribution in [-0.2, 0) is 9.53 Å². The summed E-state index contributed by atoms with van der Waals surface area (Å²) >= 11 is 0. The number of carbonyl (C=O) groups is 1. The Balaban J connectivity index is 1.99. The molecule has 82 valence electrons. The fourth-order valence-corrected chi connectivity index (χ4v) is 1.74. The van der Waals surface area contributed by atoms with Gasteiger partial charge in [0.15, 0.2) is 0 Å². The van der Waals surface area contributed by atoms with E-state index >= 15 is 0 Å². The van der Waals surface area contributed by atoms with Gasteiger partial charge in [0.25, 0.3) is 0 Å². The summed E-state index contributed by atoms with van der Waals surface area (Å²) in [6.45, 7) is 2.04.